The first kappa shape index (κ1) is 30.0. The average Bonchev–Trinajstić information content (AvgIpc) is 3.61. The number of ether oxygens (including phenoxy) is 1. The monoisotopic (exact) mass is 674 g/mol. The molecular weight excluding hydrogens is 641 g/mol. The van der Waals surface area contributed by atoms with Crippen LogP contribution in [0.2, 0.25) is 0 Å². The fourth-order valence-electron chi connectivity index (χ4n) is 8.94. The Balaban J connectivity index is 1.17. The Morgan fingerprint density at radius 3 is 1.62 bits per heavy atom. The molecule has 53 heavy (non-hydrogen) atoms. The Hall–Kier alpha value is -6.70. The molecule has 0 fully saturated rings. The molecule has 1 aliphatic carbocycles. The molecule has 9 aromatic carbocycles. The summed E-state index contributed by atoms with van der Waals surface area (Å²) in [5.41, 5.74) is 11.1. The van der Waals surface area contributed by atoms with Crippen molar-refractivity contribution in [2.45, 2.75) is 12.0 Å². The number of fused-ring (bicyclic) bond motifs is 7. The molecule has 9 aromatic rings. The molecule has 1 nitrogen and oxygen atoms in total. The van der Waals surface area contributed by atoms with Gasteiger partial charge in [-0.1, -0.05) is 164 Å². The SMILES string of the molecule is C1=CC2Oc3cc(-c4ccc5cc(-c6ccccc6)ccc5c4)cc(-c4c5ccccc5c(-c5cccc6ccccc56)c5ccccc45)c3C2C=C1. The van der Waals surface area contributed by atoms with Crippen molar-refractivity contribution >= 4 is 43.1 Å². The molecule has 0 aromatic heterocycles. The van der Waals surface area contributed by atoms with Crippen molar-refractivity contribution in [3.63, 3.8) is 0 Å². The molecule has 0 spiro atoms. The molecule has 0 N–H and O–H groups in total. The molecule has 0 radical (unpaired) electrons. The maximum atomic E-state index is 6.81. The van der Waals surface area contributed by atoms with Gasteiger partial charge in [0.1, 0.15) is 11.9 Å². The van der Waals surface area contributed by atoms with Gasteiger partial charge in [-0.2, -0.15) is 0 Å². The molecule has 2 aliphatic rings. The first-order valence-corrected chi connectivity index (χ1v) is 18.5. The molecule has 0 bridgehead atoms. The highest BCUT2D eigenvalue weighted by atomic mass is 16.5. The Morgan fingerprint density at radius 2 is 0.925 bits per heavy atom. The summed E-state index contributed by atoms with van der Waals surface area (Å²) >= 11 is 0. The molecule has 2 unspecified atom stereocenters. The van der Waals surface area contributed by atoms with E-state index in [0.29, 0.717) is 0 Å². The fourth-order valence-corrected chi connectivity index (χ4v) is 8.94. The summed E-state index contributed by atoms with van der Waals surface area (Å²) in [6, 6.07) is 62.4. The van der Waals surface area contributed by atoms with Crippen LogP contribution in [0.1, 0.15) is 11.5 Å². The van der Waals surface area contributed by atoms with Gasteiger partial charge in [-0.05, 0) is 118 Å². The molecule has 2 atom stereocenters. The molecule has 0 saturated heterocycles. The normalized spacial score (nSPS) is 15.9. The van der Waals surface area contributed by atoms with E-state index in [1.54, 1.807) is 0 Å². The van der Waals surface area contributed by atoms with E-state index in [2.05, 4.69) is 194 Å². The molecule has 1 heteroatoms. The zero-order valence-electron chi connectivity index (χ0n) is 29.0. The van der Waals surface area contributed by atoms with E-state index in [0.717, 1.165) is 11.3 Å². The van der Waals surface area contributed by atoms with E-state index in [1.807, 2.05) is 0 Å². The van der Waals surface area contributed by atoms with Gasteiger partial charge in [-0.25, -0.2) is 0 Å². The highest BCUT2D eigenvalue weighted by Gasteiger charge is 2.36. The van der Waals surface area contributed by atoms with Crippen molar-refractivity contribution in [1.29, 1.82) is 0 Å². The highest BCUT2D eigenvalue weighted by Crippen LogP contribution is 2.53. The van der Waals surface area contributed by atoms with E-state index in [9.17, 15) is 0 Å². The predicted octanol–water partition coefficient (Wildman–Crippen LogP) is 13.9. The van der Waals surface area contributed by atoms with Crippen LogP contribution < -0.4 is 4.74 Å². The van der Waals surface area contributed by atoms with E-state index in [-0.39, 0.29) is 12.0 Å². The van der Waals surface area contributed by atoms with Gasteiger partial charge in [0.25, 0.3) is 0 Å². The Bertz CT molecular complexity index is 2920. The molecule has 1 heterocycles. The third-order valence-corrected chi connectivity index (χ3v) is 11.4. The second kappa shape index (κ2) is 11.9. The number of hydrogen-bond donors (Lipinski definition) is 0. The second-order valence-electron chi connectivity index (χ2n) is 14.3. The second-order valence-corrected chi connectivity index (χ2v) is 14.3. The van der Waals surface area contributed by atoms with E-state index < -0.39 is 0 Å². The maximum absolute atomic E-state index is 6.81. The number of allylic oxidation sites excluding steroid dienone is 2. The summed E-state index contributed by atoms with van der Waals surface area (Å²) in [6.07, 6.45) is 8.78. The van der Waals surface area contributed by atoms with Gasteiger partial charge < -0.3 is 4.74 Å². The standard InChI is InChI=1S/C52H34O/c1-2-13-33(14-3-1)35-25-26-37-30-38(28-27-36(37)29-35)39-31-47(52-46-22-10-11-24-48(46)53-49(52)32-39)51-44-20-8-6-18-42(44)50(43-19-7-9-21-45(43)51)41-23-12-16-34-15-4-5-17-40(34)41/h1-32,46,48H. The number of rotatable bonds is 4. The van der Waals surface area contributed by atoms with Crippen molar-refractivity contribution in [3.8, 4) is 50.3 Å². The maximum Gasteiger partial charge on any atom is 0.128 e. The average molecular weight is 675 g/mol. The Morgan fingerprint density at radius 1 is 0.358 bits per heavy atom. The van der Waals surface area contributed by atoms with Gasteiger partial charge >= 0.3 is 0 Å². The van der Waals surface area contributed by atoms with Gasteiger partial charge in [0.05, 0.1) is 0 Å². The summed E-state index contributed by atoms with van der Waals surface area (Å²) < 4.78 is 6.81. The summed E-state index contributed by atoms with van der Waals surface area (Å²) in [6.45, 7) is 0. The quantitative estimate of drug-likeness (QED) is 0.169. The summed E-state index contributed by atoms with van der Waals surface area (Å²) in [5.74, 6) is 1.11. The van der Waals surface area contributed by atoms with Crippen molar-refractivity contribution in [1.82, 2.24) is 0 Å². The van der Waals surface area contributed by atoms with Gasteiger partial charge in [0, 0.05) is 11.5 Å². The van der Waals surface area contributed by atoms with Gasteiger partial charge in [-0.15, -0.1) is 0 Å². The van der Waals surface area contributed by atoms with Crippen molar-refractivity contribution < 1.29 is 4.74 Å². The van der Waals surface area contributed by atoms with Crippen LogP contribution in [0.4, 0.5) is 0 Å². The predicted molar refractivity (Wildman–Crippen MR) is 224 cm³/mol. The van der Waals surface area contributed by atoms with Crippen LogP contribution >= 0.6 is 0 Å². The van der Waals surface area contributed by atoms with Crippen molar-refractivity contribution in [3.05, 3.63) is 200 Å². The largest absolute Gasteiger partial charge is 0.485 e. The van der Waals surface area contributed by atoms with E-state index in [4.69, 9.17) is 4.74 Å². The van der Waals surface area contributed by atoms with Crippen LogP contribution in [0.25, 0.3) is 87.6 Å². The lowest BCUT2D eigenvalue weighted by Crippen LogP contribution is -2.15. The molecular formula is C52H34O. The zero-order chi connectivity index (χ0) is 34.9. The van der Waals surface area contributed by atoms with Gasteiger partial charge in [-0.3, -0.25) is 0 Å². The van der Waals surface area contributed by atoms with Crippen molar-refractivity contribution in [2.75, 3.05) is 0 Å². The molecule has 11 rings (SSSR count). The summed E-state index contributed by atoms with van der Waals surface area (Å²) in [7, 11) is 0. The lowest BCUT2D eigenvalue weighted by Gasteiger charge is -2.22. The van der Waals surface area contributed by atoms with Gasteiger partial charge in [0.15, 0.2) is 0 Å². The minimum absolute atomic E-state index is 0.0236. The van der Waals surface area contributed by atoms with Crippen LogP contribution in [0.15, 0.2) is 194 Å². The minimum atomic E-state index is -0.0236. The van der Waals surface area contributed by atoms with Crippen molar-refractivity contribution in [2.24, 2.45) is 0 Å². The zero-order valence-corrected chi connectivity index (χ0v) is 29.0. The first-order chi connectivity index (χ1) is 26.3. The smallest absolute Gasteiger partial charge is 0.128 e. The van der Waals surface area contributed by atoms with Crippen LogP contribution in [0, 0.1) is 0 Å². The minimum Gasteiger partial charge on any atom is -0.485 e. The van der Waals surface area contributed by atoms with E-state index >= 15 is 0 Å². The fraction of sp³-hybridized carbons (Fsp3) is 0.0385. The lowest BCUT2D eigenvalue weighted by atomic mass is 9.80. The van der Waals surface area contributed by atoms with Crippen LogP contribution in [0.5, 0.6) is 5.75 Å². The lowest BCUT2D eigenvalue weighted by molar-refractivity contribution is 0.269. The molecule has 0 saturated carbocycles. The Kier molecular flexibility index (Phi) is 6.75. The molecule has 248 valence electrons. The van der Waals surface area contributed by atoms with Crippen LogP contribution in [0.3, 0.4) is 0 Å². The number of hydrogen-bond acceptors (Lipinski definition) is 1. The van der Waals surface area contributed by atoms with Crippen LogP contribution in [-0.4, -0.2) is 6.10 Å². The van der Waals surface area contributed by atoms with Crippen LogP contribution in [-0.2, 0) is 0 Å². The molecule has 0 amide bonds. The summed E-state index contributed by atoms with van der Waals surface area (Å²) in [4.78, 5) is 0. The topological polar surface area (TPSA) is 9.23 Å². The Labute approximate surface area is 308 Å². The van der Waals surface area contributed by atoms with E-state index in [1.165, 1.54) is 87.6 Å². The summed E-state index contributed by atoms with van der Waals surface area (Å²) in [5, 5.41) is 9.98. The number of benzene rings is 9. The first-order valence-electron chi connectivity index (χ1n) is 18.5. The third-order valence-electron chi connectivity index (χ3n) is 11.4. The highest BCUT2D eigenvalue weighted by molar-refractivity contribution is 6.24. The third kappa shape index (κ3) is 4.78. The molecule has 1 aliphatic heterocycles. The van der Waals surface area contributed by atoms with Gasteiger partial charge in [0.2, 0.25) is 0 Å².